The monoisotopic (exact) mass is 230 g/mol. The molecule has 0 N–H and O–H groups in total. The maximum Gasteiger partial charge on any atom is 0.312 e. The number of carbonyl (C=O) groups excluding carboxylic acids is 1. The number of esters is 1. The summed E-state index contributed by atoms with van der Waals surface area (Å²) in [5.74, 6) is -0.382. The number of benzene rings is 1. The van der Waals surface area contributed by atoms with Crippen LogP contribution in [0.15, 0.2) is 48.6 Å². The van der Waals surface area contributed by atoms with Crippen molar-refractivity contribution in [3.8, 4) is 0 Å². The molecule has 0 unspecified atom stereocenters. The minimum atomic E-state index is -0.199. The van der Waals surface area contributed by atoms with E-state index in [-0.39, 0.29) is 11.9 Å². The lowest BCUT2D eigenvalue weighted by Crippen LogP contribution is -2.12. The molecule has 0 spiro atoms. The summed E-state index contributed by atoms with van der Waals surface area (Å²) in [6.07, 6.45) is 7.62. The second-order valence-electron chi connectivity index (χ2n) is 3.70. The largest absolute Gasteiger partial charge is 0.466 e. The molecule has 0 radical (unpaired) electrons. The second-order valence-corrected chi connectivity index (χ2v) is 3.70. The van der Waals surface area contributed by atoms with Gasteiger partial charge in [-0.3, -0.25) is 4.79 Å². The fourth-order valence-electron chi connectivity index (χ4n) is 1.31. The van der Waals surface area contributed by atoms with Gasteiger partial charge in [0.1, 0.15) is 0 Å². The van der Waals surface area contributed by atoms with Crippen LogP contribution in [0.25, 0.3) is 6.08 Å². The molecule has 0 heterocycles. The maximum atomic E-state index is 11.3. The molecule has 0 aliphatic heterocycles. The van der Waals surface area contributed by atoms with Gasteiger partial charge in [0.15, 0.2) is 0 Å². The quantitative estimate of drug-likeness (QED) is 0.572. The van der Waals surface area contributed by atoms with Crippen molar-refractivity contribution >= 4 is 12.0 Å². The standard InChI is InChI=1S/C15H18O2/c1-3-17-15(16)13(2)9-7-8-12-14-10-5-4-6-11-14/h4-13H,3H2,1-2H3/b9-7+,12-8+/t13-/m0/s1. The van der Waals surface area contributed by atoms with Gasteiger partial charge < -0.3 is 4.74 Å². The van der Waals surface area contributed by atoms with E-state index < -0.39 is 0 Å². The normalized spacial score (nSPS) is 13.1. The van der Waals surface area contributed by atoms with Crippen LogP contribution in [0.4, 0.5) is 0 Å². The predicted molar refractivity (Wildman–Crippen MR) is 70.4 cm³/mol. The molecule has 0 aliphatic rings. The Morgan fingerprint density at radius 3 is 2.65 bits per heavy atom. The average molecular weight is 230 g/mol. The van der Waals surface area contributed by atoms with Crippen LogP contribution in [0.3, 0.4) is 0 Å². The molecule has 1 rings (SSSR count). The maximum absolute atomic E-state index is 11.3. The highest BCUT2D eigenvalue weighted by Crippen LogP contribution is 2.03. The molecule has 90 valence electrons. The van der Waals surface area contributed by atoms with Gasteiger partial charge in [-0.1, -0.05) is 54.6 Å². The van der Waals surface area contributed by atoms with Crippen LogP contribution in [0, 0.1) is 5.92 Å². The molecule has 0 saturated carbocycles. The Hall–Kier alpha value is -1.83. The molecule has 0 aliphatic carbocycles. The minimum absolute atomic E-state index is 0.183. The molecule has 0 amide bonds. The molecule has 1 aromatic carbocycles. The molecule has 1 aromatic rings. The Labute approximate surface area is 103 Å². The van der Waals surface area contributed by atoms with Crippen molar-refractivity contribution in [2.24, 2.45) is 5.92 Å². The highest BCUT2D eigenvalue weighted by molar-refractivity contribution is 5.74. The van der Waals surface area contributed by atoms with Crippen molar-refractivity contribution in [2.75, 3.05) is 6.61 Å². The minimum Gasteiger partial charge on any atom is -0.466 e. The SMILES string of the molecule is CCOC(=O)[C@@H](C)/C=C/C=C/c1ccccc1. The number of ether oxygens (including phenoxy) is 1. The number of hydrogen-bond donors (Lipinski definition) is 0. The molecule has 2 heteroatoms. The predicted octanol–water partition coefficient (Wildman–Crippen LogP) is 3.46. The van der Waals surface area contributed by atoms with Crippen LogP contribution in [-0.4, -0.2) is 12.6 Å². The highest BCUT2D eigenvalue weighted by atomic mass is 16.5. The Kier molecular flexibility index (Phi) is 5.80. The Morgan fingerprint density at radius 1 is 1.29 bits per heavy atom. The van der Waals surface area contributed by atoms with Crippen LogP contribution < -0.4 is 0 Å². The first-order chi connectivity index (χ1) is 8.24. The van der Waals surface area contributed by atoms with Gasteiger partial charge in [-0.25, -0.2) is 0 Å². The first-order valence-electron chi connectivity index (χ1n) is 5.80. The van der Waals surface area contributed by atoms with Gasteiger partial charge in [0.05, 0.1) is 12.5 Å². The highest BCUT2D eigenvalue weighted by Gasteiger charge is 2.08. The summed E-state index contributed by atoms with van der Waals surface area (Å²) in [7, 11) is 0. The molecule has 2 nitrogen and oxygen atoms in total. The van der Waals surface area contributed by atoms with E-state index in [4.69, 9.17) is 4.74 Å². The van der Waals surface area contributed by atoms with Crippen molar-refractivity contribution in [2.45, 2.75) is 13.8 Å². The van der Waals surface area contributed by atoms with Gasteiger partial charge in [0, 0.05) is 0 Å². The van der Waals surface area contributed by atoms with Crippen molar-refractivity contribution in [1.29, 1.82) is 0 Å². The summed E-state index contributed by atoms with van der Waals surface area (Å²) in [6, 6.07) is 10.0. The molecule has 17 heavy (non-hydrogen) atoms. The zero-order valence-corrected chi connectivity index (χ0v) is 10.3. The number of carbonyl (C=O) groups is 1. The molecule has 1 atom stereocenters. The van der Waals surface area contributed by atoms with Gasteiger partial charge in [-0.15, -0.1) is 0 Å². The topological polar surface area (TPSA) is 26.3 Å². The summed E-state index contributed by atoms with van der Waals surface area (Å²) in [6.45, 7) is 4.06. The van der Waals surface area contributed by atoms with E-state index in [0.29, 0.717) is 6.61 Å². The van der Waals surface area contributed by atoms with Gasteiger partial charge in [-0.2, -0.15) is 0 Å². The third kappa shape index (κ3) is 5.16. The van der Waals surface area contributed by atoms with E-state index >= 15 is 0 Å². The van der Waals surface area contributed by atoms with Crippen LogP contribution in [0.2, 0.25) is 0 Å². The van der Waals surface area contributed by atoms with Crippen LogP contribution in [0.5, 0.6) is 0 Å². The van der Waals surface area contributed by atoms with E-state index in [2.05, 4.69) is 0 Å². The van der Waals surface area contributed by atoms with Gasteiger partial charge in [0.25, 0.3) is 0 Å². The van der Waals surface area contributed by atoms with Crippen molar-refractivity contribution in [1.82, 2.24) is 0 Å². The van der Waals surface area contributed by atoms with Crippen LogP contribution in [0.1, 0.15) is 19.4 Å². The van der Waals surface area contributed by atoms with Gasteiger partial charge >= 0.3 is 5.97 Å². The van der Waals surface area contributed by atoms with Crippen LogP contribution in [-0.2, 0) is 9.53 Å². The molecular weight excluding hydrogens is 212 g/mol. The summed E-state index contributed by atoms with van der Waals surface area (Å²) in [5, 5.41) is 0. The van der Waals surface area contributed by atoms with Crippen LogP contribution >= 0.6 is 0 Å². The van der Waals surface area contributed by atoms with Crippen molar-refractivity contribution in [3.05, 3.63) is 54.1 Å². The first kappa shape index (κ1) is 13.2. The lowest BCUT2D eigenvalue weighted by atomic mass is 10.1. The lowest BCUT2D eigenvalue weighted by Gasteiger charge is -2.04. The second kappa shape index (κ2) is 7.44. The average Bonchev–Trinajstić information content (AvgIpc) is 2.36. The van der Waals surface area contributed by atoms with Crippen molar-refractivity contribution in [3.63, 3.8) is 0 Å². The molecule has 0 saturated heterocycles. The zero-order valence-electron chi connectivity index (χ0n) is 10.3. The summed E-state index contributed by atoms with van der Waals surface area (Å²) in [4.78, 5) is 11.3. The van der Waals surface area contributed by atoms with E-state index in [9.17, 15) is 4.79 Å². The van der Waals surface area contributed by atoms with E-state index in [1.54, 1.807) is 0 Å². The van der Waals surface area contributed by atoms with Crippen molar-refractivity contribution < 1.29 is 9.53 Å². The molecular formula is C15H18O2. The Bertz CT molecular complexity index is 391. The molecule has 0 bridgehead atoms. The lowest BCUT2D eigenvalue weighted by molar-refractivity contribution is -0.145. The summed E-state index contributed by atoms with van der Waals surface area (Å²) < 4.78 is 4.90. The smallest absolute Gasteiger partial charge is 0.312 e. The van der Waals surface area contributed by atoms with Gasteiger partial charge in [0.2, 0.25) is 0 Å². The Morgan fingerprint density at radius 2 is 2.00 bits per heavy atom. The number of allylic oxidation sites excluding steroid dienone is 2. The fourth-order valence-corrected chi connectivity index (χ4v) is 1.31. The summed E-state index contributed by atoms with van der Waals surface area (Å²) in [5.41, 5.74) is 1.14. The molecule has 0 aromatic heterocycles. The number of hydrogen-bond acceptors (Lipinski definition) is 2. The first-order valence-corrected chi connectivity index (χ1v) is 5.80. The number of rotatable bonds is 5. The molecule has 0 fully saturated rings. The van der Waals surface area contributed by atoms with E-state index in [0.717, 1.165) is 5.56 Å². The zero-order chi connectivity index (χ0) is 12.5. The van der Waals surface area contributed by atoms with Gasteiger partial charge in [-0.05, 0) is 19.4 Å². The van der Waals surface area contributed by atoms with E-state index in [1.165, 1.54) is 0 Å². The third-order valence-corrected chi connectivity index (χ3v) is 2.26. The van der Waals surface area contributed by atoms with E-state index in [1.807, 2.05) is 68.5 Å². The summed E-state index contributed by atoms with van der Waals surface area (Å²) >= 11 is 0. The fraction of sp³-hybridized carbons (Fsp3) is 0.267. The Balaban J connectivity index is 2.45. The third-order valence-electron chi connectivity index (χ3n) is 2.26.